The number of ether oxygens (including phenoxy) is 1. The van der Waals surface area contributed by atoms with Crippen molar-refractivity contribution in [3.8, 4) is 5.75 Å². The van der Waals surface area contributed by atoms with Crippen molar-refractivity contribution in [3.05, 3.63) is 83.2 Å². The Kier molecular flexibility index (Phi) is 5.68. The van der Waals surface area contributed by atoms with E-state index in [-0.39, 0.29) is 23.7 Å². The number of nitrogens with zero attached hydrogens (tertiary/aromatic N) is 3. The van der Waals surface area contributed by atoms with Crippen molar-refractivity contribution in [1.29, 1.82) is 0 Å². The molecular formula is C26H28FN3O2. The number of halogens is 1. The van der Waals surface area contributed by atoms with Crippen molar-refractivity contribution < 1.29 is 13.9 Å². The topological polar surface area (TPSA) is 47.4 Å². The van der Waals surface area contributed by atoms with Crippen molar-refractivity contribution in [2.45, 2.75) is 45.2 Å². The number of benzene rings is 2. The number of carbonyl (C=O) groups excluding carboxylic acids is 1. The van der Waals surface area contributed by atoms with Gasteiger partial charge in [-0.15, -0.1) is 0 Å². The first-order valence-electron chi connectivity index (χ1n) is 11.4. The lowest BCUT2D eigenvalue weighted by Gasteiger charge is -2.33. The van der Waals surface area contributed by atoms with Gasteiger partial charge in [-0.05, 0) is 49.9 Å². The number of amides is 1. The molecule has 3 heterocycles. The molecule has 32 heavy (non-hydrogen) atoms. The predicted octanol–water partition coefficient (Wildman–Crippen LogP) is 4.68. The molecule has 1 fully saturated rings. The van der Waals surface area contributed by atoms with Gasteiger partial charge in [-0.3, -0.25) is 4.79 Å². The quantitative estimate of drug-likeness (QED) is 0.567. The molecule has 2 aliphatic heterocycles. The molecule has 0 bridgehead atoms. The largest absolute Gasteiger partial charge is 0.493 e. The molecule has 0 saturated carbocycles. The molecule has 0 aliphatic carbocycles. The van der Waals surface area contributed by atoms with Crippen molar-refractivity contribution in [2.24, 2.45) is 5.92 Å². The highest BCUT2D eigenvalue weighted by atomic mass is 19.1. The average molecular weight is 434 g/mol. The third-order valence-corrected chi connectivity index (χ3v) is 6.73. The standard InChI is InChI=1S/C26H28FN3O2/c1-18-2-4-19(5-3-18)16-29-17-28-15-22(29)8-6-20-10-12-30(26(20)31)24-11-13-32-25-9-7-21(27)14-23(24)25/h2-5,7,9,14-15,17,20,24H,6,8,10-13,16H2,1H3/t20-,24?/m1/s1. The van der Waals surface area contributed by atoms with Gasteiger partial charge in [-0.1, -0.05) is 29.8 Å². The van der Waals surface area contributed by atoms with E-state index < -0.39 is 0 Å². The normalized spacial score (nSPS) is 20.3. The molecule has 1 saturated heterocycles. The van der Waals surface area contributed by atoms with Crippen LogP contribution in [0.2, 0.25) is 0 Å². The van der Waals surface area contributed by atoms with E-state index in [1.165, 1.54) is 23.3 Å². The molecule has 5 rings (SSSR count). The van der Waals surface area contributed by atoms with Crippen molar-refractivity contribution in [3.63, 3.8) is 0 Å². The maximum Gasteiger partial charge on any atom is 0.226 e. The molecule has 5 nitrogen and oxygen atoms in total. The van der Waals surface area contributed by atoms with E-state index in [2.05, 4.69) is 40.7 Å². The summed E-state index contributed by atoms with van der Waals surface area (Å²) in [6.07, 6.45) is 6.93. The molecule has 166 valence electrons. The minimum atomic E-state index is -0.288. The molecular weight excluding hydrogens is 405 g/mol. The molecule has 0 N–H and O–H groups in total. The Morgan fingerprint density at radius 3 is 2.84 bits per heavy atom. The summed E-state index contributed by atoms with van der Waals surface area (Å²) in [7, 11) is 0. The lowest BCUT2D eigenvalue weighted by Crippen LogP contribution is -2.35. The Balaban J connectivity index is 1.24. The Bertz CT molecular complexity index is 1110. The summed E-state index contributed by atoms with van der Waals surface area (Å²) in [6, 6.07) is 13.0. The van der Waals surface area contributed by atoms with Crippen LogP contribution in [0, 0.1) is 18.7 Å². The van der Waals surface area contributed by atoms with Gasteiger partial charge in [-0.2, -0.15) is 0 Å². The molecule has 1 amide bonds. The number of aryl methyl sites for hydroxylation is 2. The predicted molar refractivity (Wildman–Crippen MR) is 120 cm³/mol. The fourth-order valence-corrected chi connectivity index (χ4v) is 4.92. The third-order valence-electron chi connectivity index (χ3n) is 6.73. The van der Waals surface area contributed by atoms with Crippen LogP contribution in [0.4, 0.5) is 4.39 Å². The van der Waals surface area contributed by atoms with Gasteiger partial charge in [0.05, 0.1) is 19.0 Å². The van der Waals surface area contributed by atoms with Gasteiger partial charge in [0.1, 0.15) is 11.6 Å². The molecule has 6 heteroatoms. The highest BCUT2D eigenvalue weighted by Gasteiger charge is 2.38. The lowest BCUT2D eigenvalue weighted by molar-refractivity contribution is -0.133. The second kappa shape index (κ2) is 8.77. The first-order valence-corrected chi connectivity index (χ1v) is 11.4. The zero-order valence-electron chi connectivity index (χ0n) is 18.3. The van der Waals surface area contributed by atoms with Crippen LogP contribution in [0.15, 0.2) is 55.0 Å². The third kappa shape index (κ3) is 4.14. The number of fused-ring (bicyclic) bond motifs is 1. The Labute approximate surface area is 187 Å². The Morgan fingerprint density at radius 2 is 2.00 bits per heavy atom. The fraction of sp³-hybridized carbons (Fsp3) is 0.385. The number of hydrogen-bond donors (Lipinski definition) is 0. The van der Waals surface area contributed by atoms with Crippen LogP contribution in [0.3, 0.4) is 0 Å². The van der Waals surface area contributed by atoms with E-state index >= 15 is 0 Å². The first kappa shape index (κ1) is 20.7. The second-order valence-corrected chi connectivity index (χ2v) is 8.89. The monoisotopic (exact) mass is 433 g/mol. The van der Waals surface area contributed by atoms with Crippen LogP contribution in [-0.4, -0.2) is 33.5 Å². The van der Waals surface area contributed by atoms with Crippen LogP contribution >= 0.6 is 0 Å². The molecule has 3 aromatic rings. The Hall–Kier alpha value is -3.15. The zero-order chi connectivity index (χ0) is 22.1. The van der Waals surface area contributed by atoms with E-state index in [9.17, 15) is 9.18 Å². The molecule has 1 unspecified atom stereocenters. The number of imidazole rings is 1. The molecule has 2 atom stereocenters. The number of hydrogen-bond acceptors (Lipinski definition) is 3. The SMILES string of the molecule is Cc1ccc(Cn2cncc2CC[C@@H]2CCN(C3CCOc4ccc(F)cc43)C2=O)cc1. The van der Waals surface area contributed by atoms with Crippen LogP contribution < -0.4 is 4.74 Å². The molecule has 1 aromatic heterocycles. The fourth-order valence-electron chi connectivity index (χ4n) is 4.92. The molecule has 2 aromatic carbocycles. The van der Waals surface area contributed by atoms with Crippen LogP contribution in [0.1, 0.15) is 47.7 Å². The van der Waals surface area contributed by atoms with E-state index in [0.29, 0.717) is 25.3 Å². The highest BCUT2D eigenvalue weighted by molar-refractivity contribution is 5.81. The number of likely N-dealkylation sites (tertiary alicyclic amines) is 1. The number of rotatable bonds is 6. The molecule has 2 aliphatic rings. The van der Waals surface area contributed by atoms with Crippen molar-refractivity contribution in [1.82, 2.24) is 14.5 Å². The van der Waals surface area contributed by atoms with Crippen LogP contribution in [0.25, 0.3) is 0 Å². The Morgan fingerprint density at radius 1 is 1.16 bits per heavy atom. The van der Waals surface area contributed by atoms with Crippen molar-refractivity contribution in [2.75, 3.05) is 13.2 Å². The second-order valence-electron chi connectivity index (χ2n) is 8.89. The van der Waals surface area contributed by atoms with Gasteiger partial charge >= 0.3 is 0 Å². The molecule has 0 radical (unpaired) electrons. The summed E-state index contributed by atoms with van der Waals surface area (Å²) in [5.74, 6) is 0.581. The average Bonchev–Trinajstić information content (AvgIpc) is 3.39. The van der Waals surface area contributed by atoms with Gasteiger partial charge < -0.3 is 14.2 Å². The molecule has 0 spiro atoms. The van der Waals surface area contributed by atoms with Crippen LogP contribution in [-0.2, 0) is 17.8 Å². The maximum absolute atomic E-state index is 13.9. The number of carbonyl (C=O) groups is 1. The van der Waals surface area contributed by atoms with Gasteiger partial charge in [0, 0.05) is 42.9 Å². The van der Waals surface area contributed by atoms with Crippen LogP contribution in [0.5, 0.6) is 5.75 Å². The highest BCUT2D eigenvalue weighted by Crippen LogP contribution is 2.40. The summed E-state index contributed by atoms with van der Waals surface area (Å²) in [6.45, 7) is 4.14. The minimum absolute atomic E-state index is 0.00224. The van der Waals surface area contributed by atoms with E-state index in [4.69, 9.17) is 4.74 Å². The minimum Gasteiger partial charge on any atom is -0.493 e. The van der Waals surface area contributed by atoms with Crippen molar-refractivity contribution >= 4 is 5.91 Å². The summed E-state index contributed by atoms with van der Waals surface area (Å²) >= 11 is 0. The van der Waals surface area contributed by atoms with E-state index in [1.807, 2.05) is 17.4 Å². The smallest absolute Gasteiger partial charge is 0.226 e. The van der Waals surface area contributed by atoms with Gasteiger partial charge in [-0.25, -0.2) is 9.37 Å². The zero-order valence-corrected chi connectivity index (χ0v) is 18.3. The maximum atomic E-state index is 13.9. The summed E-state index contributed by atoms with van der Waals surface area (Å²) in [5.41, 5.74) is 4.43. The lowest BCUT2D eigenvalue weighted by atomic mass is 9.98. The van der Waals surface area contributed by atoms with E-state index in [0.717, 1.165) is 37.1 Å². The van der Waals surface area contributed by atoms with Gasteiger partial charge in [0.15, 0.2) is 0 Å². The summed E-state index contributed by atoms with van der Waals surface area (Å²) < 4.78 is 21.7. The van der Waals surface area contributed by atoms with Gasteiger partial charge in [0.2, 0.25) is 5.91 Å². The summed E-state index contributed by atoms with van der Waals surface area (Å²) in [4.78, 5) is 19.5. The van der Waals surface area contributed by atoms with Gasteiger partial charge in [0.25, 0.3) is 0 Å². The van der Waals surface area contributed by atoms with E-state index in [1.54, 1.807) is 6.07 Å². The number of aromatic nitrogens is 2. The summed E-state index contributed by atoms with van der Waals surface area (Å²) in [5, 5.41) is 0. The first-order chi connectivity index (χ1) is 15.6.